The van der Waals surface area contributed by atoms with E-state index in [0.29, 0.717) is 36.9 Å². The van der Waals surface area contributed by atoms with E-state index in [-0.39, 0.29) is 5.78 Å². The first-order valence-electron chi connectivity index (χ1n) is 9.84. The smallest absolute Gasteiger partial charge is 0.231 e. The van der Waals surface area contributed by atoms with Gasteiger partial charge in [-0.3, -0.25) is 9.69 Å². The molecule has 3 aromatic carbocycles. The van der Waals surface area contributed by atoms with Gasteiger partial charge in [0.15, 0.2) is 5.76 Å². The van der Waals surface area contributed by atoms with Crippen LogP contribution in [-0.4, -0.2) is 17.4 Å². The molecule has 0 saturated heterocycles. The number of hydrogen-bond donors (Lipinski definition) is 0. The monoisotopic (exact) mass is 417 g/mol. The third kappa shape index (κ3) is 3.38. The molecule has 2 aliphatic rings. The molecule has 5 rings (SSSR count). The largest absolute Gasteiger partial charge is 0.478 e. The summed E-state index contributed by atoms with van der Waals surface area (Å²) in [5.41, 5.74) is 4.58. The molecule has 150 valence electrons. The Labute approximate surface area is 180 Å². The molecule has 0 fully saturated rings. The third-order valence-corrected chi connectivity index (χ3v) is 5.88. The summed E-state index contributed by atoms with van der Waals surface area (Å²) in [6.07, 6.45) is 1.81. The molecule has 0 N–H and O–H groups in total. The van der Waals surface area contributed by atoms with Gasteiger partial charge in [-0.2, -0.15) is 0 Å². The van der Waals surface area contributed by atoms with Gasteiger partial charge in [-0.25, -0.2) is 0 Å². The van der Waals surface area contributed by atoms with E-state index in [1.54, 1.807) is 6.07 Å². The zero-order chi connectivity index (χ0) is 20.7. The Morgan fingerprint density at radius 3 is 2.70 bits per heavy atom. The van der Waals surface area contributed by atoms with Crippen LogP contribution in [0.25, 0.3) is 6.08 Å². The van der Waals surface area contributed by atoms with Crippen LogP contribution in [0.1, 0.15) is 32.6 Å². The number of halogens is 1. The van der Waals surface area contributed by atoms with Crippen molar-refractivity contribution in [2.24, 2.45) is 0 Å². The van der Waals surface area contributed by atoms with Crippen molar-refractivity contribution < 1.29 is 14.3 Å². The van der Waals surface area contributed by atoms with E-state index in [4.69, 9.17) is 21.1 Å². The minimum absolute atomic E-state index is 0.0979. The van der Waals surface area contributed by atoms with E-state index in [1.807, 2.05) is 67.6 Å². The fourth-order valence-electron chi connectivity index (χ4n) is 3.86. The first-order valence-corrected chi connectivity index (χ1v) is 10.2. The summed E-state index contributed by atoms with van der Waals surface area (Å²) in [5, 5.41) is 0.733. The van der Waals surface area contributed by atoms with E-state index in [9.17, 15) is 4.79 Å². The topological polar surface area (TPSA) is 38.8 Å². The lowest BCUT2D eigenvalue weighted by atomic mass is 10.0. The highest BCUT2D eigenvalue weighted by atomic mass is 35.5. The lowest BCUT2D eigenvalue weighted by Crippen LogP contribution is -2.31. The lowest BCUT2D eigenvalue weighted by molar-refractivity contribution is 0.0873. The maximum absolute atomic E-state index is 13.0. The van der Waals surface area contributed by atoms with Crippen molar-refractivity contribution >= 4 is 23.5 Å². The van der Waals surface area contributed by atoms with E-state index >= 15 is 0 Å². The van der Waals surface area contributed by atoms with Crippen LogP contribution in [-0.2, 0) is 13.1 Å². The molecule has 0 atom stereocenters. The number of hydrogen-bond acceptors (Lipinski definition) is 4. The van der Waals surface area contributed by atoms with Crippen LogP contribution in [0.2, 0.25) is 5.02 Å². The number of ether oxygens (including phenoxy) is 2. The molecule has 30 heavy (non-hydrogen) atoms. The molecule has 3 aromatic rings. The Morgan fingerprint density at radius 1 is 1.07 bits per heavy atom. The average molecular weight is 418 g/mol. The van der Waals surface area contributed by atoms with Crippen LogP contribution in [0, 0.1) is 6.92 Å². The summed E-state index contributed by atoms with van der Waals surface area (Å²) in [5.74, 6) is 1.60. The van der Waals surface area contributed by atoms with Gasteiger partial charge in [0.25, 0.3) is 0 Å². The molecule has 0 aliphatic carbocycles. The highest BCUT2D eigenvalue weighted by Gasteiger charge is 2.33. The Balaban J connectivity index is 1.45. The zero-order valence-corrected chi connectivity index (χ0v) is 17.3. The number of ketones is 1. The fourth-order valence-corrected chi connectivity index (χ4v) is 4.06. The van der Waals surface area contributed by atoms with Gasteiger partial charge in [-0.05, 0) is 47.9 Å². The molecule has 0 saturated carbocycles. The molecule has 2 aliphatic heterocycles. The summed E-state index contributed by atoms with van der Waals surface area (Å²) in [6.45, 7) is 3.75. The number of aryl methyl sites for hydroxylation is 1. The molecule has 0 radical (unpaired) electrons. The van der Waals surface area contributed by atoms with Gasteiger partial charge in [0.2, 0.25) is 5.78 Å². The van der Waals surface area contributed by atoms with Crippen LogP contribution in [0.4, 0.5) is 0 Å². The summed E-state index contributed by atoms with van der Waals surface area (Å²) in [7, 11) is 0. The molecule has 0 aromatic heterocycles. The van der Waals surface area contributed by atoms with Crippen LogP contribution in [0.3, 0.4) is 0 Å². The van der Waals surface area contributed by atoms with Crippen LogP contribution in [0.15, 0.2) is 66.4 Å². The number of nitrogens with zero attached hydrogens (tertiary/aromatic N) is 1. The fraction of sp³-hybridized carbons (Fsp3) is 0.160. The molecule has 5 heteroatoms. The van der Waals surface area contributed by atoms with E-state index in [1.165, 1.54) is 0 Å². The predicted octanol–water partition coefficient (Wildman–Crippen LogP) is 5.62. The highest BCUT2D eigenvalue weighted by molar-refractivity contribution is 6.31. The molecule has 0 bridgehead atoms. The third-order valence-electron chi connectivity index (χ3n) is 5.51. The SMILES string of the molecule is Cc1ccccc1/C=C1\Oc2c(ccc3c2CN(Cc2ccccc2Cl)CO3)C1=O. The standard InChI is InChI=1S/C25H20ClNO3/c1-16-6-2-3-7-17(16)12-23-24(28)19-10-11-22-20(25(19)30-23)14-27(15-29-22)13-18-8-4-5-9-21(18)26/h2-12H,13-15H2,1H3/b23-12-. The van der Waals surface area contributed by atoms with Crippen LogP contribution in [0.5, 0.6) is 11.5 Å². The first-order chi connectivity index (χ1) is 14.6. The Hall–Kier alpha value is -3.08. The quantitative estimate of drug-likeness (QED) is 0.519. The number of carbonyl (C=O) groups is 1. The Bertz CT molecular complexity index is 1180. The maximum atomic E-state index is 13.0. The Morgan fingerprint density at radius 2 is 1.87 bits per heavy atom. The second kappa shape index (κ2) is 7.63. The van der Waals surface area contributed by atoms with Gasteiger partial charge < -0.3 is 9.47 Å². The van der Waals surface area contributed by atoms with Crippen molar-refractivity contribution in [2.75, 3.05) is 6.73 Å². The van der Waals surface area contributed by atoms with Crippen LogP contribution >= 0.6 is 11.6 Å². The van der Waals surface area contributed by atoms with Gasteiger partial charge in [-0.15, -0.1) is 0 Å². The highest BCUT2D eigenvalue weighted by Crippen LogP contribution is 2.42. The van der Waals surface area contributed by atoms with Crippen molar-refractivity contribution in [3.05, 3.63) is 99.3 Å². The minimum Gasteiger partial charge on any atom is -0.478 e. The van der Waals surface area contributed by atoms with Crippen molar-refractivity contribution in [2.45, 2.75) is 20.0 Å². The summed E-state index contributed by atoms with van der Waals surface area (Å²) >= 11 is 6.32. The number of rotatable bonds is 3. The number of benzene rings is 3. The molecule has 2 heterocycles. The first kappa shape index (κ1) is 18.9. The zero-order valence-electron chi connectivity index (χ0n) is 16.5. The summed E-state index contributed by atoms with van der Waals surface area (Å²) < 4.78 is 12.0. The van der Waals surface area contributed by atoms with Crippen molar-refractivity contribution in [1.82, 2.24) is 4.90 Å². The number of Topliss-reactive ketones (excluding diaryl/α,β-unsaturated/α-hetero) is 1. The van der Waals surface area contributed by atoms with Gasteiger partial charge in [0, 0.05) is 18.1 Å². The van der Waals surface area contributed by atoms with Gasteiger partial charge in [0.05, 0.1) is 11.1 Å². The molecular formula is C25H20ClNO3. The van der Waals surface area contributed by atoms with Gasteiger partial charge >= 0.3 is 0 Å². The summed E-state index contributed by atoms with van der Waals surface area (Å²) in [4.78, 5) is 15.1. The van der Waals surface area contributed by atoms with E-state index in [2.05, 4.69) is 4.90 Å². The summed E-state index contributed by atoms with van der Waals surface area (Å²) in [6, 6.07) is 19.4. The van der Waals surface area contributed by atoms with Crippen molar-refractivity contribution in [3.63, 3.8) is 0 Å². The molecule has 0 amide bonds. The second-order valence-electron chi connectivity index (χ2n) is 7.57. The molecule has 4 nitrogen and oxygen atoms in total. The minimum atomic E-state index is -0.0979. The van der Waals surface area contributed by atoms with Crippen LogP contribution < -0.4 is 9.47 Å². The van der Waals surface area contributed by atoms with E-state index < -0.39 is 0 Å². The molecular weight excluding hydrogens is 398 g/mol. The second-order valence-corrected chi connectivity index (χ2v) is 7.97. The molecule has 0 spiro atoms. The maximum Gasteiger partial charge on any atom is 0.231 e. The van der Waals surface area contributed by atoms with Gasteiger partial charge in [0.1, 0.15) is 18.2 Å². The Kier molecular flexibility index (Phi) is 4.81. The normalized spacial score (nSPS) is 16.7. The van der Waals surface area contributed by atoms with E-state index in [0.717, 1.165) is 33.0 Å². The average Bonchev–Trinajstić information content (AvgIpc) is 3.07. The van der Waals surface area contributed by atoms with Crippen molar-refractivity contribution in [1.29, 1.82) is 0 Å². The van der Waals surface area contributed by atoms with Gasteiger partial charge in [-0.1, -0.05) is 54.1 Å². The van der Waals surface area contributed by atoms with Crippen molar-refractivity contribution in [3.8, 4) is 11.5 Å². The number of fused-ring (bicyclic) bond motifs is 3. The predicted molar refractivity (Wildman–Crippen MR) is 117 cm³/mol. The lowest BCUT2D eigenvalue weighted by Gasteiger charge is -2.30. The number of allylic oxidation sites excluding steroid dienone is 1. The number of carbonyl (C=O) groups excluding carboxylic acids is 1. The molecule has 0 unspecified atom stereocenters.